The molecule has 0 spiro atoms. The average Bonchev–Trinajstić information content (AvgIpc) is 2.36. The Morgan fingerprint density at radius 2 is 2.18 bits per heavy atom. The standard InChI is InChI=1S/C12H19N3OS/c1-12(2,17-4)8-15-11(16)10-6-5-9(13-3)7-14-10/h5-7,13H,8H2,1-4H3,(H,15,16). The van der Waals surface area contributed by atoms with Gasteiger partial charge in [0.1, 0.15) is 5.69 Å². The lowest BCUT2D eigenvalue weighted by atomic mass is 10.2. The molecule has 4 nitrogen and oxygen atoms in total. The minimum Gasteiger partial charge on any atom is -0.387 e. The van der Waals surface area contributed by atoms with E-state index >= 15 is 0 Å². The van der Waals surface area contributed by atoms with Gasteiger partial charge in [0, 0.05) is 18.3 Å². The van der Waals surface area contributed by atoms with Gasteiger partial charge in [0.15, 0.2) is 0 Å². The van der Waals surface area contributed by atoms with Crippen LogP contribution in [0.1, 0.15) is 24.3 Å². The number of nitrogens with zero attached hydrogens (tertiary/aromatic N) is 1. The van der Waals surface area contributed by atoms with Crippen LogP contribution in [-0.4, -0.2) is 35.5 Å². The monoisotopic (exact) mass is 253 g/mol. The number of thioether (sulfide) groups is 1. The zero-order chi connectivity index (χ0) is 12.9. The first-order chi connectivity index (χ1) is 7.98. The largest absolute Gasteiger partial charge is 0.387 e. The highest BCUT2D eigenvalue weighted by Crippen LogP contribution is 2.19. The zero-order valence-corrected chi connectivity index (χ0v) is 11.5. The summed E-state index contributed by atoms with van der Waals surface area (Å²) in [7, 11) is 1.82. The topological polar surface area (TPSA) is 54.0 Å². The van der Waals surface area contributed by atoms with E-state index in [9.17, 15) is 4.79 Å². The van der Waals surface area contributed by atoms with E-state index in [0.717, 1.165) is 5.69 Å². The van der Waals surface area contributed by atoms with Crippen LogP contribution < -0.4 is 10.6 Å². The molecule has 1 amide bonds. The van der Waals surface area contributed by atoms with Crippen molar-refractivity contribution >= 4 is 23.4 Å². The van der Waals surface area contributed by atoms with Crippen LogP contribution in [0.15, 0.2) is 18.3 Å². The molecule has 1 aromatic rings. The van der Waals surface area contributed by atoms with Crippen molar-refractivity contribution in [3.63, 3.8) is 0 Å². The Morgan fingerprint density at radius 3 is 2.65 bits per heavy atom. The third kappa shape index (κ3) is 4.26. The highest BCUT2D eigenvalue weighted by atomic mass is 32.2. The second-order valence-electron chi connectivity index (χ2n) is 4.33. The lowest BCUT2D eigenvalue weighted by Crippen LogP contribution is -2.36. The molecule has 0 saturated carbocycles. The van der Waals surface area contributed by atoms with E-state index in [4.69, 9.17) is 0 Å². The summed E-state index contributed by atoms with van der Waals surface area (Å²) >= 11 is 1.73. The van der Waals surface area contributed by atoms with Crippen LogP contribution in [-0.2, 0) is 0 Å². The number of hydrogen-bond acceptors (Lipinski definition) is 4. The van der Waals surface area contributed by atoms with Gasteiger partial charge in [-0.15, -0.1) is 0 Å². The smallest absolute Gasteiger partial charge is 0.269 e. The maximum Gasteiger partial charge on any atom is 0.269 e. The van der Waals surface area contributed by atoms with E-state index < -0.39 is 0 Å². The minimum absolute atomic E-state index is 0.0422. The maximum atomic E-state index is 11.8. The fourth-order valence-corrected chi connectivity index (χ4v) is 1.35. The van der Waals surface area contributed by atoms with Crippen molar-refractivity contribution in [2.24, 2.45) is 0 Å². The van der Waals surface area contributed by atoms with Crippen LogP contribution in [0.3, 0.4) is 0 Å². The number of nitrogens with one attached hydrogen (secondary N) is 2. The molecule has 0 aliphatic heterocycles. The number of pyridine rings is 1. The summed E-state index contributed by atoms with van der Waals surface area (Å²) in [6.07, 6.45) is 3.68. The van der Waals surface area contributed by atoms with Crippen molar-refractivity contribution in [2.45, 2.75) is 18.6 Å². The number of hydrogen-bond donors (Lipinski definition) is 2. The molecule has 1 rings (SSSR count). The van der Waals surface area contributed by atoms with Crippen molar-refractivity contribution in [2.75, 3.05) is 25.2 Å². The first kappa shape index (κ1) is 13.8. The molecule has 94 valence electrons. The van der Waals surface area contributed by atoms with Gasteiger partial charge < -0.3 is 10.6 Å². The number of carbonyl (C=O) groups excluding carboxylic acids is 1. The molecule has 2 N–H and O–H groups in total. The predicted octanol–water partition coefficient (Wildman–Crippen LogP) is 1.99. The summed E-state index contributed by atoms with van der Waals surface area (Å²) in [4.78, 5) is 15.9. The molecule has 1 aromatic heterocycles. The van der Waals surface area contributed by atoms with Gasteiger partial charge >= 0.3 is 0 Å². The summed E-state index contributed by atoms with van der Waals surface area (Å²) in [5, 5.41) is 5.85. The fourth-order valence-electron chi connectivity index (χ4n) is 1.13. The Balaban J connectivity index is 2.58. The summed E-state index contributed by atoms with van der Waals surface area (Å²) in [5.74, 6) is -0.130. The van der Waals surface area contributed by atoms with Gasteiger partial charge in [-0.2, -0.15) is 11.8 Å². The highest BCUT2D eigenvalue weighted by molar-refractivity contribution is 7.99. The Kier molecular flexibility index (Phi) is 4.81. The van der Waals surface area contributed by atoms with Crippen molar-refractivity contribution in [1.29, 1.82) is 0 Å². The van der Waals surface area contributed by atoms with Crippen molar-refractivity contribution in [3.8, 4) is 0 Å². The Morgan fingerprint density at radius 1 is 1.47 bits per heavy atom. The van der Waals surface area contributed by atoms with Crippen molar-refractivity contribution in [1.82, 2.24) is 10.3 Å². The van der Waals surface area contributed by atoms with E-state index in [1.54, 1.807) is 24.0 Å². The Labute approximate surface area is 107 Å². The van der Waals surface area contributed by atoms with E-state index in [1.807, 2.05) is 19.4 Å². The molecule has 5 heteroatoms. The van der Waals surface area contributed by atoms with Crippen LogP contribution in [0.25, 0.3) is 0 Å². The summed E-state index contributed by atoms with van der Waals surface area (Å²) in [6, 6.07) is 3.55. The van der Waals surface area contributed by atoms with Crippen molar-refractivity contribution in [3.05, 3.63) is 24.0 Å². The number of rotatable bonds is 5. The second-order valence-corrected chi connectivity index (χ2v) is 5.84. The van der Waals surface area contributed by atoms with Crippen molar-refractivity contribution < 1.29 is 4.79 Å². The van der Waals surface area contributed by atoms with E-state index in [1.165, 1.54) is 0 Å². The zero-order valence-electron chi connectivity index (χ0n) is 10.7. The normalized spacial score (nSPS) is 11.1. The number of anilines is 1. The highest BCUT2D eigenvalue weighted by Gasteiger charge is 2.17. The Bertz CT molecular complexity index is 376. The molecule has 0 unspecified atom stereocenters. The van der Waals surface area contributed by atoms with Crippen LogP contribution in [0.5, 0.6) is 0 Å². The number of carbonyl (C=O) groups is 1. The molecule has 0 fully saturated rings. The second kappa shape index (κ2) is 5.91. The quantitative estimate of drug-likeness (QED) is 0.842. The molecule has 0 aliphatic rings. The van der Waals surface area contributed by atoms with Gasteiger partial charge in [-0.25, -0.2) is 4.98 Å². The lowest BCUT2D eigenvalue weighted by Gasteiger charge is -2.22. The first-order valence-electron chi connectivity index (χ1n) is 5.45. The molecule has 1 heterocycles. The van der Waals surface area contributed by atoms with Gasteiger partial charge in [-0.05, 0) is 32.2 Å². The molecule has 0 radical (unpaired) electrons. The van der Waals surface area contributed by atoms with Gasteiger partial charge in [0.25, 0.3) is 5.91 Å². The van der Waals surface area contributed by atoms with Gasteiger partial charge in [-0.3, -0.25) is 4.79 Å². The van der Waals surface area contributed by atoms with Crippen LogP contribution in [0.4, 0.5) is 5.69 Å². The van der Waals surface area contributed by atoms with Crippen LogP contribution >= 0.6 is 11.8 Å². The van der Waals surface area contributed by atoms with E-state index in [2.05, 4.69) is 29.5 Å². The third-order valence-corrected chi connectivity index (χ3v) is 3.76. The molecule has 0 bridgehead atoms. The molecule has 0 aromatic carbocycles. The molecule has 0 saturated heterocycles. The third-order valence-electron chi connectivity index (χ3n) is 2.51. The number of amides is 1. The van der Waals surface area contributed by atoms with Gasteiger partial charge in [0.2, 0.25) is 0 Å². The molecule has 0 aliphatic carbocycles. The molecular formula is C12H19N3OS. The SMILES string of the molecule is CNc1ccc(C(=O)NCC(C)(C)SC)nc1. The molecular weight excluding hydrogens is 234 g/mol. The predicted molar refractivity (Wildman–Crippen MR) is 73.7 cm³/mol. The first-order valence-corrected chi connectivity index (χ1v) is 6.68. The molecule has 0 atom stereocenters. The van der Waals surface area contributed by atoms with E-state index in [-0.39, 0.29) is 10.7 Å². The average molecular weight is 253 g/mol. The Hall–Kier alpha value is -1.23. The summed E-state index contributed by atoms with van der Waals surface area (Å²) < 4.78 is 0.0422. The lowest BCUT2D eigenvalue weighted by molar-refractivity contribution is 0.0946. The molecule has 17 heavy (non-hydrogen) atoms. The minimum atomic E-state index is -0.130. The van der Waals surface area contributed by atoms with Crippen LogP contribution in [0, 0.1) is 0 Å². The summed E-state index contributed by atoms with van der Waals surface area (Å²) in [5.41, 5.74) is 1.34. The maximum absolute atomic E-state index is 11.8. The van der Waals surface area contributed by atoms with Crippen LogP contribution in [0.2, 0.25) is 0 Å². The summed E-state index contributed by atoms with van der Waals surface area (Å²) in [6.45, 7) is 4.81. The fraction of sp³-hybridized carbons (Fsp3) is 0.500. The van der Waals surface area contributed by atoms with Gasteiger partial charge in [0.05, 0.1) is 11.9 Å². The number of aromatic nitrogens is 1. The van der Waals surface area contributed by atoms with Gasteiger partial charge in [-0.1, -0.05) is 0 Å². The van der Waals surface area contributed by atoms with E-state index in [0.29, 0.717) is 12.2 Å².